The molecule has 2 aromatic heterocycles. The number of nitrogens with zero attached hydrogens (tertiary/aromatic N) is 4. The third-order valence-corrected chi connectivity index (χ3v) is 9.79. The fraction of sp³-hybridized carbons (Fsp3) is 0.410. The molecule has 268 valence electrons. The highest BCUT2D eigenvalue weighted by Crippen LogP contribution is 2.41. The van der Waals surface area contributed by atoms with Crippen molar-refractivity contribution in [2.75, 3.05) is 32.8 Å². The van der Waals surface area contributed by atoms with Gasteiger partial charge >= 0.3 is 6.18 Å². The molecule has 0 spiro atoms. The summed E-state index contributed by atoms with van der Waals surface area (Å²) in [6.45, 7) is 5.14. The summed E-state index contributed by atoms with van der Waals surface area (Å²) in [4.78, 5) is 18.5. The topological polar surface area (TPSA) is 81.5 Å². The molecule has 8 nitrogen and oxygen atoms in total. The van der Waals surface area contributed by atoms with Gasteiger partial charge in [0.15, 0.2) is 6.23 Å². The molecule has 1 atom stereocenters. The third-order valence-electron chi connectivity index (χ3n) is 9.79. The molecule has 1 N–H and O–H groups in total. The minimum atomic E-state index is -4.52. The van der Waals surface area contributed by atoms with Gasteiger partial charge in [0.25, 0.3) is 0 Å². The summed E-state index contributed by atoms with van der Waals surface area (Å²) in [5.74, 6) is 0.189. The van der Waals surface area contributed by atoms with Crippen LogP contribution in [-0.2, 0) is 9.53 Å². The van der Waals surface area contributed by atoms with Gasteiger partial charge in [-0.3, -0.25) is 4.79 Å². The van der Waals surface area contributed by atoms with Gasteiger partial charge in [-0.25, -0.2) is 9.67 Å². The minimum Gasteiger partial charge on any atom is -0.476 e. The predicted octanol–water partition coefficient (Wildman–Crippen LogP) is 7.72. The second-order valence-electron chi connectivity index (χ2n) is 13.9. The van der Waals surface area contributed by atoms with Crippen molar-refractivity contribution in [1.29, 1.82) is 0 Å². The molecule has 0 bridgehead atoms. The molecular formula is C39H41F4N5O3. The standard InChI is InChI=1S/C39H41F4N5O3/c1-26-23-47(24-26)34(49)10-7-18-45-38(16-17-38)25-51-33-15-13-29(22-44-33)36(31(21-39(41,42)43)27-8-3-2-4-9-27)28-12-14-32-30(20-28)37(40)46-48(32)35-11-5-6-19-50-35/h2-4,7-10,12-15,20,22,26,35,45H,5-6,11,16-19,21,23-25H2,1H3/b10-7+,36-31-. The maximum absolute atomic E-state index is 15.4. The number of ether oxygens (including phenoxy) is 2. The first-order valence-corrected chi connectivity index (χ1v) is 17.5. The van der Waals surface area contributed by atoms with Crippen molar-refractivity contribution in [2.24, 2.45) is 5.92 Å². The molecule has 4 heterocycles. The number of nitrogens with one attached hydrogen (secondary N) is 1. The number of benzene rings is 2. The lowest BCUT2D eigenvalue weighted by molar-refractivity contribution is -0.131. The lowest BCUT2D eigenvalue weighted by Gasteiger charge is -2.36. The van der Waals surface area contributed by atoms with E-state index in [0.29, 0.717) is 60.2 Å². The fourth-order valence-corrected chi connectivity index (χ4v) is 6.85. The first kappa shape index (κ1) is 34.9. The Kier molecular flexibility index (Phi) is 9.98. The minimum absolute atomic E-state index is 0.0218. The molecule has 1 saturated carbocycles. The van der Waals surface area contributed by atoms with E-state index in [1.165, 1.54) is 10.9 Å². The molecule has 1 amide bonds. The highest BCUT2D eigenvalue weighted by molar-refractivity contribution is 6.00. The van der Waals surface area contributed by atoms with Crippen LogP contribution in [0.4, 0.5) is 17.6 Å². The smallest absolute Gasteiger partial charge is 0.393 e. The zero-order chi connectivity index (χ0) is 35.6. The van der Waals surface area contributed by atoms with Crippen molar-refractivity contribution in [2.45, 2.75) is 63.4 Å². The number of allylic oxidation sites excluding steroid dienone is 1. The van der Waals surface area contributed by atoms with Gasteiger partial charge in [-0.05, 0) is 78.5 Å². The van der Waals surface area contributed by atoms with Gasteiger partial charge in [-0.2, -0.15) is 17.6 Å². The average Bonchev–Trinajstić information content (AvgIpc) is 3.82. The van der Waals surface area contributed by atoms with Crippen LogP contribution in [0.3, 0.4) is 0 Å². The van der Waals surface area contributed by atoms with Gasteiger partial charge in [0.2, 0.25) is 17.7 Å². The van der Waals surface area contributed by atoms with Crippen LogP contribution >= 0.6 is 0 Å². The molecule has 0 radical (unpaired) electrons. The Hall–Kier alpha value is -4.55. The number of fused-ring (bicyclic) bond motifs is 1. The first-order valence-electron chi connectivity index (χ1n) is 17.5. The van der Waals surface area contributed by atoms with Crippen LogP contribution in [0, 0.1) is 11.9 Å². The Bertz CT molecular complexity index is 1910. The molecule has 1 unspecified atom stereocenters. The summed E-state index contributed by atoms with van der Waals surface area (Å²) < 4.78 is 71.5. The number of rotatable bonds is 12. The molecule has 12 heteroatoms. The van der Waals surface area contributed by atoms with Crippen molar-refractivity contribution >= 4 is 28.0 Å². The van der Waals surface area contributed by atoms with E-state index >= 15 is 4.39 Å². The normalized spacial score (nSPS) is 19.6. The fourth-order valence-electron chi connectivity index (χ4n) is 6.85. The molecule has 4 aromatic rings. The van der Waals surface area contributed by atoms with E-state index in [4.69, 9.17) is 9.47 Å². The molecule has 2 aromatic carbocycles. The Labute approximate surface area is 294 Å². The molecule has 7 rings (SSSR count). The molecule has 51 heavy (non-hydrogen) atoms. The van der Waals surface area contributed by atoms with Crippen LogP contribution in [-0.4, -0.2) is 70.1 Å². The third kappa shape index (κ3) is 8.18. The largest absolute Gasteiger partial charge is 0.476 e. The summed E-state index contributed by atoms with van der Waals surface area (Å²) in [7, 11) is 0. The Balaban J connectivity index is 1.15. The number of likely N-dealkylation sites (tertiary alicyclic amines) is 1. The van der Waals surface area contributed by atoms with E-state index in [1.807, 2.05) is 11.0 Å². The van der Waals surface area contributed by atoms with E-state index in [1.54, 1.807) is 66.7 Å². The number of carbonyl (C=O) groups is 1. The van der Waals surface area contributed by atoms with Crippen molar-refractivity contribution in [3.05, 3.63) is 102 Å². The Morgan fingerprint density at radius 1 is 1.06 bits per heavy atom. The lowest BCUT2D eigenvalue weighted by atomic mass is 9.88. The summed E-state index contributed by atoms with van der Waals surface area (Å²) in [5.41, 5.74) is 1.83. The van der Waals surface area contributed by atoms with Crippen molar-refractivity contribution < 1.29 is 31.8 Å². The number of hydrogen-bond acceptors (Lipinski definition) is 6. The molecule has 1 aliphatic carbocycles. The first-order chi connectivity index (χ1) is 24.6. The molecule has 2 aliphatic heterocycles. The van der Waals surface area contributed by atoms with Crippen LogP contribution in [0.5, 0.6) is 5.88 Å². The zero-order valence-corrected chi connectivity index (χ0v) is 28.5. The van der Waals surface area contributed by atoms with Crippen molar-refractivity contribution in [1.82, 2.24) is 25.0 Å². The van der Waals surface area contributed by atoms with Gasteiger partial charge in [0.1, 0.15) is 6.61 Å². The number of carbonyl (C=O) groups excluding carboxylic acids is 1. The lowest BCUT2D eigenvalue weighted by Crippen LogP contribution is -2.48. The van der Waals surface area contributed by atoms with Gasteiger partial charge in [-0.15, -0.1) is 5.10 Å². The van der Waals surface area contributed by atoms with Gasteiger partial charge < -0.3 is 19.7 Å². The molecular weight excluding hydrogens is 662 g/mol. The van der Waals surface area contributed by atoms with Crippen LogP contribution in [0.15, 0.2) is 79.0 Å². The maximum Gasteiger partial charge on any atom is 0.393 e. The number of hydrogen-bond donors (Lipinski definition) is 1. The highest BCUT2D eigenvalue weighted by atomic mass is 19.4. The Morgan fingerprint density at radius 2 is 1.84 bits per heavy atom. The molecule has 3 fully saturated rings. The van der Waals surface area contributed by atoms with Crippen LogP contribution < -0.4 is 10.1 Å². The number of amides is 1. The van der Waals surface area contributed by atoms with Crippen LogP contribution in [0.2, 0.25) is 0 Å². The van der Waals surface area contributed by atoms with E-state index in [0.717, 1.165) is 38.8 Å². The summed E-state index contributed by atoms with van der Waals surface area (Å²) >= 11 is 0. The van der Waals surface area contributed by atoms with E-state index in [-0.39, 0.29) is 28.0 Å². The van der Waals surface area contributed by atoms with Crippen molar-refractivity contribution in [3.63, 3.8) is 0 Å². The second-order valence-corrected chi connectivity index (χ2v) is 13.9. The van der Waals surface area contributed by atoms with E-state index in [9.17, 15) is 18.0 Å². The van der Waals surface area contributed by atoms with E-state index in [2.05, 4.69) is 22.3 Å². The monoisotopic (exact) mass is 703 g/mol. The molecule has 3 aliphatic rings. The summed E-state index contributed by atoms with van der Waals surface area (Å²) in [6, 6.07) is 16.7. The van der Waals surface area contributed by atoms with Crippen molar-refractivity contribution in [3.8, 4) is 5.88 Å². The predicted molar refractivity (Wildman–Crippen MR) is 186 cm³/mol. The van der Waals surface area contributed by atoms with Gasteiger partial charge in [0, 0.05) is 50.1 Å². The van der Waals surface area contributed by atoms with E-state index < -0.39 is 24.8 Å². The Morgan fingerprint density at radius 3 is 2.51 bits per heavy atom. The SMILES string of the molecule is CC1CN(C(=O)/C=C/CNC2(COc3ccc(/C(=C(/CC(F)(F)F)c4ccccc4)c4ccc5c(c4)c(F)nn5C4CCCCO4)cn3)CC2)C1. The number of aromatic nitrogens is 3. The quantitative estimate of drug-likeness (QED) is 0.0925. The number of pyridine rings is 1. The van der Waals surface area contributed by atoms with Gasteiger partial charge in [0.05, 0.1) is 22.9 Å². The summed E-state index contributed by atoms with van der Waals surface area (Å²) in [5, 5.41) is 7.78. The number of halogens is 4. The van der Waals surface area contributed by atoms with Crippen LogP contribution in [0.1, 0.15) is 68.4 Å². The maximum atomic E-state index is 15.4. The average molecular weight is 704 g/mol. The summed E-state index contributed by atoms with van der Waals surface area (Å²) in [6.07, 6.45) is 3.17. The molecule has 2 saturated heterocycles. The number of alkyl halides is 3. The second kappa shape index (κ2) is 14.6. The van der Waals surface area contributed by atoms with Crippen LogP contribution in [0.25, 0.3) is 22.0 Å². The highest BCUT2D eigenvalue weighted by Gasteiger charge is 2.43. The van der Waals surface area contributed by atoms with Gasteiger partial charge in [-0.1, -0.05) is 49.4 Å². The zero-order valence-electron chi connectivity index (χ0n) is 28.5.